The molecule has 62 valence electrons. The van der Waals surface area contributed by atoms with Crippen molar-refractivity contribution in [1.29, 1.82) is 0 Å². The lowest BCUT2D eigenvalue weighted by atomic mass is 9.92. The number of alkyl halides is 3. The van der Waals surface area contributed by atoms with E-state index in [1.807, 2.05) is 0 Å². The van der Waals surface area contributed by atoms with E-state index in [9.17, 15) is 13.2 Å². The van der Waals surface area contributed by atoms with E-state index < -0.39 is 11.7 Å². The summed E-state index contributed by atoms with van der Waals surface area (Å²) in [4.78, 5) is 0. The molecule has 0 aliphatic carbocycles. The van der Waals surface area contributed by atoms with Gasteiger partial charge in [0.1, 0.15) is 7.85 Å². The van der Waals surface area contributed by atoms with E-state index in [1.165, 1.54) is 6.07 Å². The first kappa shape index (κ1) is 9.17. The van der Waals surface area contributed by atoms with Gasteiger partial charge in [-0.2, -0.15) is 13.2 Å². The molecule has 0 spiro atoms. The third-order valence-corrected chi connectivity index (χ3v) is 1.43. The lowest BCUT2D eigenvalue weighted by Crippen LogP contribution is -2.11. The van der Waals surface area contributed by atoms with Gasteiger partial charge in [0.05, 0.1) is 5.56 Å². The molecule has 0 saturated heterocycles. The largest absolute Gasteiger partial charge is 0.416 e. The van der Waals surface area contributed by atoms with E-state index >= 15 is 0 Å². The van der Waals surface area contributed by atoms with E-state index in [2.05, 4.69) is 0 Å². The molecule has 0 atom stereocenters. The molecular formula is C8H6BF3. The summed E-state index contributed by atoms with van der Waals surface area (Å²) in [5.74, 6) is 0. The fourth-order valence-corrected chi connectivity index (χ4v) is 0.976. The van der Waals surface area contributed by atoms with Crippen LogP contribution in [0.3, 0.4) is 0 Å². The van der Waals surface area contributed by atoms with Crippen LogP contribution >= 0.6 is 0 Å². The minimum Gasteiger partial charge on any atom is -0.166 e. The Balaban J connectivity index is 3.18. The van der Waals surface area contributed by atoms with Gasteiger partial charge in [-0.05, 0) is 13.0 Å². The van der Waals surface area contributed by atoms with E-state index in [0.29, 0.717) is 5.56 Å². The number of rotatable bonds is 0. The number of halogens is 3. The molecule has 1 aromatic carbocycles. The molecule has 1 aromatic rings. The number of aryl methyl sites for hydroxylation is 1. The van der Waals surface area contributed by atoms with Crippen LogP contribution in [-0.4, -0.2) is 7.85 Å². The monoisotopic (exact) mass is 170 g/mol. The zero-order valence-corrected chi connectivity index (χ0v) is 6.44. The minimum atomic E-state index is -4.31. The summed E-state index contributed by atoms with van der Waals surface area (Å²) in [6.45, 7) is 1.58. The van der Waals surface area contributed by atoms with Gasteiger partial charge in [-0.25, -0.2) is 0 Å². The Kier molecular flexibility index (Phi) is 2.17. The first-order valence-corrected chi connectivity index (χ1v) is 3.34. The summed E-state index contributed by atoms with van der Waals surface area (Å²) in [6, 6.07) is 3.48. The van der Waals surface area contributed by atoms with Crippen LogP contribution in [0.4, 0.5) is 13.2 Å². The molecule has 4 heteroatoms. The van der Waals surface area contributed by atoms with Crippen LogP contribution in [0.15, 0.2) is 18.2 Å². The first-order valence-electron chi connectivity index (χ1n) is 3.34. The van der Waals surface area contributed by atoms with Crippen LogP contribution in [0.2, 0.25) is 0 Å². The fraction of sp³-hybridized carbons (Fsp3) is 0.250. The van der Waals surface area contributed by atoms with Gasteiger partial charge in [0.25, 0.3) is 0 Å². The highest BCUT2D eigenvalue weighted by Crippen LogP contribution is 2.28. The van der Waals surface area contributed by atoms with Gasteiger partial charge in [-0.1, -0.05) is 23.2 Å². The smallest absolute Gasteiger partial charge is 0.166 e. The third-order valence-electron chi connectivity index (χ3n) is 1.43. The van der Waals surface area contributed by atoms with Crippen molar-refractivity contribution in [2.45, 2.75) is 13.1 Å². The van der Waals surface area contributed by atoms with Crippen molar-refractivity contribution in [3.63, 3.8) is 0 Å². The second kappa shape index (κ2) is 2.85. The molecule has 12 heavy (non-hydrogen) atoms. The summed E-state index contributed by atoms with van der Waals surface area (Å²) >= 11 is 0. The maximum atomic E-state index is 12.1. The Hall–Kier alpha value is -0.925. The molecule has 0 amide bonds. The van der Waals surface area contributed by atoms with Crippen molar-refractivity contribution < 1.29 is 13.2 Å². The lowest BCUT2D eigenvalue weighted by Gasteiger charge is -2.08. The molecule has 0 aliphatic rings. The molecule has 0 N–H and O–H groups in total. The third kappa shape index (κ3) is 2.03. The molecule has 2 radical (unpaired) electrons. The van der Waals surface area contributed by atoms with Crippen molar-refractivity contribution in [2.75, 3.05) is 0 Å². The molecule has 0 unspecified atom stereocenters. The topological polar surface area (TPSA) is 0 Å². The number of benzene rings is 1. The summed E-state index contributed by atoms with van der Waals surface area (Å²) in [6.07, 6.45) is -4.31. The molecule has 0 nitrogen and oxygen atoms in total. The van der Waals surface area contributed by atoms with Crippen LogP contribution in [0.25, 0.3) is 0 Å². The Labute approximate surface area is 69.8 Å². The van der Waals surface area contributed by atoms with Gasteiger partial charge < -0.3 is 0 Å². The average molecular weight is 170 g/mol. The number of hydrogen-bond acceptors (Lipinski definition) is 0. The summed E-state index contributed by atoms with van der Waals surface area (Å²) in [7, 11) is 5.26. The minimum absolute atomic E-state index is 0.141. The van der Waals surface area contributed by atoms with Crippen molar-refractivity contribution in [2.24, 2.45) is 0 Å². The van der Waals surface area contributed by atoms with Gasteiger partial charge in [-0.3, -0.25) is 0 Å². The van der Waals surface area contributed by atoms with Crippen molar-refractivity contribution in [1.82, 2.24) is 0 Å². The summed E-state index contributed by atoms with van der Waals surface area (Å²) in [5, 5.41) is 0. The standard InChI is InChI=1S/C8H6BF3/c1-5-2-6(8(10,11)12)4-7(9)3-5/h2-4H,1H3. The Morgan fingerprint density at radius 2 is 1.75 bits per heavy atom. The van der Waals surface area contributed by atoms with Crippen LogP contribution in [0.5, 0.6) is 0 Å². The second-order valence-corrected chi connectivity index (χ2v) is 2.63. The van der Waals surface area contributed by atoms with Gasteiger partial charge in [0, 0.05) is 0 Å². The van der Waals surface area contributed by atoms with Gasteiger partial charge >= 0.3 is 6.18 Å². The molecule has 1 rings (SSSR count). The second-order valence-electron chi connectivity index (χ2n) is 2.63. The highest BCUT2D eigenvalue weighted by Gasteiger charge is 2.30. The van der Waals surface area contributed by atoms with Crippen LogP contribution < -0.4 is 5.46 Å². The zero-order valence-electron chi connectivity index (χ0n) is 6.44. The van der Waals surface area contributed by atoms with E-state index in [1.54, 1.807) is 6.92 Å². The Morgan fingerprint density at radius 3 is 2.17 bits per heavy atom. The van der Waals surface area contributed by atoms with Crippen molar-refractivity contribution in [3.8, 4) is 0 Å². The Bertz CT molecular complexity index is 271. The molecule has 0 saturated carbocycles. The summed E-state index contributed by atoms with van der Waals surface area (Å²) < 4.78 is 36.3. The number of hydrogen-bond donors (Lipinski definition) is 0. The maximum Gasteiger partial charge on any atom is 0.416 e. The van der Waals surface area contributed by atoms with Crippen molar-refractivity contribution >= 4 is 13.3 Å². The maximum absolute atomic E-state index is 12.1. The van der Waals surface area contributed by atoms with E-state index in [4.69, 9.17) is 7.85 Å². The molecule has 0 heterocycles. The SMILES string of the molecule is [B]c1cc(C)cc(C(F)(F)F)c1. The van der Waals surface area contributed by atoms with Gasteiger partial charge in [-0.15, -0.1) is 0 Å². The average Bonchev–Trinajstić information content (AvgIpc) is 1.82. The fourth-order valence-electron chi connectivity index (χ4n) is 0.976. The molecule has 0 aliphatic heterocycles. The Morgan fingerprint density at radius 1 is 1.17 bits per heavy atom. The van der Waals surface area contributed by atoms with Crippen LogP contribution in [0, 0.1) is 6.92 Å². The van der Waals surface area contributed by atoms with Crippen molar-refractivity contribution in [3.05, 3.63) is 29.3 Å². The van der Waals surface area contributed by atoms with Crippen LogP contribution in [-0.2, 0) is 6.18 Å². The molecule has 0 aromatic heterocycles. The van der Waals surface area contributed by atoms with Gasteiger partial charge in [0.2, 0.25) is 0 Å². The van der Waals surface area contributed by atoms with E-state index in [-0.39, 0.29) is 5.46 Å². The summed E-state index contributed by atoms with van der Waals surface area (Å²) in [5.41, 5.74) is -0.0374. The van der Waals surface area contributed by atoms with E-state index in [0.717, 1.165) is 12.1 Å². The predicted octanol–water partition coefficient (Wildman–Crippen LogP) is 1.81. The van der Waals surface area contributed by atoms with Gasteiger partial charge in [0.15, 0.2) is 0 Å². The molecule has 0 bridgehead atoms. The molecular weight excluding hydrogens is 164 g/mol. The van der Waals surface area contributed by atoms with Crippen LogP contribution in [0.1, 0.15) is 11.1 Å². The lowest BCUT2D eigenvalue weighted by molar-refractivity contribution is -0.137. The highest BCUT2D eigenvalue weighted by atomic mass is 19.4. The normalized spacial score (nSPS) is 11.7. The first-order chi connectivity index (χ1) is 5.39. The predicted molar refractivity (Wildman–Crippen MR) is 41.6 cm³/mol. The highest BCUT2D eigenvalue weighted by molar-refractivity contribution is 6.32. The molecule has 0 fully saturated rings. The zero-order chi connectivity index (χ0) is 9.35. The quantitative estimate of drug-likeness (QED) is 0.520.